The number of fused-ring (bicyclic) bond motifs is 9. The zero-order chi connectivity index (χ0) is 43.4. The summed E-state index contributed by atoms with van der Waals surface area (Å²) in [5, 5.41) is 8.48. The van der Waals surface area contributed by atoms with Crippen LogP contribution in [-0.2, 0) is 17.4 Å². The van der Waals surface area contributed by atoms with Crippen molar-refractivity contribution in [2.45, 2.75) is 38.1 Å². The molecule has 11 rings (SSSR count). The standard InChI is InChI=1S/C47H35N.C7H9N.C7H8/c1-46(2)40-17-6-8-19-42(40)47(43-20-9-7-18-41(43)46)39-27-26-36(29-38(39)45-37(30-48)16-11-21-44(45)47)33-24-22-32(23-25-33)35-15-10-14-34(28-35)31-12-4-3-5-13-31;8-6-7-4-2-1-3-5-7;1-7-5-3-2-4-6-7/h3-30,48H,1-2H3;1-5H,6,8H2;2-6H,1H3. The molecule has 306 valence electrons. The fourth-order valence-electron chi connectivity index (χ4n) is 9.80. The number of benzene rings is 9. The summed E-state index contributed by atoms with van der Waals surface area (Å²) in [4.78, 5) is 0. The van der Waals surface area contributed by atoms with Gasteiger partial charge in [0.1, 0.15) is 0 Å². The quantitative estimate of drug-likeness (QED) is 0.167. The first-order chi connectivity index (χ1) is 30.8. The first-order valence-corrected chi connectivity index (χ1v) is 21.9. The van der Waals surface area contributed by atoms with Crippen LogP contribution in [0.25, 0.3) is 44.5 Å². The van der Waals surface area contributed by atoms with Gasteiger partial charge in [0.05, 0.1) is 5.41 Å². The van der Waals surface area contributed by atoms with E-state index in [-0.39, 0.29) is 5.41 Å². The molecular weight excluding hydrogens is 761 g/mol. The number of nitrogens with one attached hydrogen (secondary N) is 1. The van der Waals surface area contributed by atoms with Gasteiger partial charge in [0, 0.05) is 23.7 Å². The highest BCUT2D eigenvalue weighted by molar-refractivity contribution is 5.99. The smallest absolute Gasteiger partial charge is 0.0719 e. The van der Waals surface area contributed by atoms with Gasteiger partial charge in [-0.05, 0) is 103 Å². The van der Waals surface area contributed by atoms with Crippen molar-refractivity contribution in [2.75, 3.05) is 0 Å². The molecule has 2 aliphatic carbocycles. The van der Waals surface area contributed by atoms with Crippen molar-refractivity contribution < 1.29 is 0 Å². The minimum atomic E-state index is -0.460. The number of hydrogen-bond donors (Lipinski definition) is 2. The molecule has 0 radical (unpaired) electrons. The molecule has 63 heavy (non-hydrogen) atoms. The highest BCUT2D eigenvalue weighted by atomic mass is 14.5. The lowest BCUT2D eigenvalue weighted by Crippen LogP contribution is -2.40. The molecule has 0 fully saturated rings. The van der Waals surface area contributed by atoms with Gasteiger partial charge in [-0.25, -0.2) is 0 Å². The lowest BCUT2D eigenvalue weighted by molar-refractivity contribution is 0.563. The molecule has 0 bridgehead atoms. The average molecular weight is 813 g/mol. The SMILES string of the molecule is CC1(C)c2ccccc2C2(c3ccc(-c4ccc(-c5cccc(-c6ccccc6)c5)cc4)cc3-c3c(C=N)cccc32)c2ccccc21.Cc1ccccc1.NCc1ccccc1. The van der Waals surface area contributed by atoms with E-state index in [2.05, 4.69) is 197 Å². The fourth-order valence-corrected chi connectivity index (χ4v) is 9.80. The van der Waals surface area contributed by atoms with Crippen molar-refractivity contribution in [2.24, 2.45) is 5.73 Å². The Hall–Kier alpha value is -7.39. The highest BCUT2D eigenvalue weighted by Gasteiger charge is 2.53. The zero-order valence-corrected chi connectivity index (χ0v) is 36.2. The van der Waals surface area contributed by atoms with Crippen molar-refractivity contribution in [3.05, 3.63) is 275 Å². The predicted octanol–water partition coefficient (Wildman–Crippen LogP) is 14.8. The minimum absolute atomic E-state index is 0.136. The first-order valence-electron chi connectivity index (χ1n) is 21.9. The second-order valence-electron chi connectivity index (χ2n) is 17.0. The maximum atomic E-state index is 8.48. The van der Waals surface area contributed by atoms with Crippen LogP contribution in [0.4, 0.5) is 0 Å². The number of hydrogen-bond acceptors (Lipinski definition) is 2. The van der Waals surface area contributed by atoms with E-state index in [1.54, 1.807) is 0 Å². The Morgan fingerprint density at radius 1 is 0.413 bits per heavy atom. The van der Waals surface area contributed by atoms with Gasteiger partial charge >= 0.3 is 0 Å². The van der Waals surface area contributed by atoms with Crippen LogP contribution < -0.4 is 5.73 Å². The van der Waals surface area contributed by atoms with Gasteiger partial charge in [0.25, 0.3) is 0 Å². The average Bonchev–Trinajstić information content (AvgIpc) is 3.65. The Balaban J connectivity index is 0.000000284. The molecule has 3 N–H and O–H groups in total. The van der Waals surface area contributed by atoms with E-state index >= 15 is 0 Å². The minimum Gasteiger partial charge on any atom is -0.326 e. The molecule has 0 heterocycles. The van der Waals surface area contributed by atoms with Crippen LogP contribution in [-0.4, -0.2) is 6.21 Å². The Bertz CT molecular complexity index is 2970. The molecule has 0 amide bonds. The van der Waals surface area contributed by atoms with E-state index in [1.807, 2.05) is 48.5 Å². The van der Waals surface area contributed by atoms with Gasteiger partial charge in [-0.1, -0.05) is 232 Å². The zero-order valence-electron chi connectivity index (χ0n) is 36.2. The summed E-state index contributed by atoms with van der Waals surface area (Å²) in [7, 11) is 0. The van der Waals surface area contributed by atoms with Crippen molar-refractivity contribution in [3.8, 4) is 44.5 Å². The predicted molar refractivity (Wildman–Crippen MR) is 266 cm³/mol. The maximum absolute atomic E-state index is 8.48. The summed E-state index contributed by atoms with van der Waals surface area (Å²) in [5.41, 5.74) is 25.8. The van der Waals surface area contributed by atoms with Gasteiger partial charge in [-0.2, -0.15) is 0 Å². The summed E-state index contributed by atoms with van der Waals surface area (Å²) < 4.78 is 0. The van der Waals surface area contributed by atoms with Crippen LogP contribution in [0.2, 0.25) is 0 Å². The van der Waals surface area contributed by atoms with Crippen molar-refractivity contribution in [1.29, 1.82) is 5.41 Å². The third kappa shape index (κ3) is 7.54. The van der Waals surface area contributed by atoms with Gasteiger partial charge in [0.2, 0.25) is 0 Å². The Morgan fingerprint density at radius 2 is 0.841 bits per heavy atom. The van der Waals surface area contributed by atoms with Crippen LogP contribution in [0.3, 0.4) is 0 Å². The van der Waals surface area contributed by atoms with E-state index in [4.69, 9.17) is 11.1 Å². The van der Waals surface area contributed by atoms with E-state index in [0.717, 1.165) is 5.56 Å². The summed E-state index contributed by atoms with van der Waals surface area (Å²) >= 11 is 0. The third-order valence-corrected chi connectivity index (χ3v) is 12.9. The second kappa shape index (κ2) is 17.5. The van der Waals surface area contributed by atoms with Gasteiger partial charge in [-0.3, -0.25) is 0 Å². The normalized spacial score (nSPS) is 13.1. The van der Waals surface area contributed by atoms with E-state index in [1.165, 1.54) is 95.2 Å². The molecule has 2 aliphatic rings. The Labute approximate surface area is 372 Å². The molecule has 9 aromatic carbocycles. The monoisotopic (exact) mass is 812 g/mol. The lowest BCUT2D eigenvalue weighted by atomic mass is 9.55. The lowest BCUT2D eigenvalue weighted by Gasteiger charge is -2.46. The summed E-state index contributed by atoms with van der Waals surface area (Å²) in [5.74, 6) is 0. The number of aryl methyl sites for hydroxylation is 1. The van der Waals surface area contributed by atoms with Crippen LogP contribution in [0, 0.1) is 12.3 Å². The molecule has 0 saturated carbocycles. The molecule has 0 unspecified atom stereocenters. The molecule has 1 spiro atoms. The largest absolute Gasteiger partial charge is 0.326 e. The fraction of sp³-hybridized carbons (Fsp3) is 0.0984. The van der Waals surface area contributed by atoms with E-state index in [0.29, 0.717) is 6.54 Å². The summed E-state index contributed by atoms with van der Waals surface area (Å²) in [6.45, 7) is 7.43. The third-order valence-electron chi connectivity index (χ3n) is 12.9. The van der Waals surface area contributed by atoms with Crippen LogP contribution in [0.15, 0.2) is 224 Å². The molecule has 0 aromatic heterocycles. The van der Waals surface area contributed by atoms with Crippen LogP contribution in [0.5, 0.6) is 0 Å². The Kier molecular flexibility index (Phi) is 11.4. The van der Waals surface area contributed by atoms with Crippen molar-refractivity contribution >= 4 is 6.21 Å². The number of rotatable bonds is 5. The maximum Gasteiger partial charge on any atom is 0.0719 e. The van der Waals surface area contributed by atoms with Crippen molar-refractivity contribution in [1.82, 2.24) is 0 Å². The van der Waals surface area contributed by atoms with Crippen molar-refractivity contribution in [3.63, 3.8) is 0 Å². The first kappa shape index (κ1) is 41.0. The topological polar surface area (TPSA) is 49.9 Å². The molecule has 0 atom stereocenters. The van der Waals surface area contributed by atoms with Gasteiger partial charge in [-0.15, -0.1) is 0 Å². The molecule has 2 nitrogen and oxygen atoms in total. The summed E-state index contributed by atoms with van der Waals surface area (Å²) in [6, 6.07) is 80.1. The summed E-state index contributed by atoms with van der Waals surface area (Å²) in [6.07, 6.45) is 1.53. The molecule has 0 saturated heterocycles. The highest BCUT2D eigenvalue weighted by Crippen LogP contribution is 2.62. The molecular formula is C61H52N2. The molecule has 9 aromatic rings. The Morgan fingerprint density at radius 3 is 1.35 bits per heavy atom. The van der Waals surface area contributed by atoms with Gasteiger partial charge < -0.3 is 11.1 Å². The van der Waals surface area contributed by atoms with E-state index in [9.17, 15) is 0 Å². The molecule has 2 heteroatoms. The second-order valence-corrected chi connectivity index (χ2v) is 17.0. The number of nitrogens with two attached hydrogens (primary N) is 1. The molecule has 0 aliphatic heterocycles. The van der Waals surface area contributed by atoms with E-state index < -0.39 is 5.41 Å². The van der Waals surface area contributed by atoms with Crippen LogP contribution in [0.1, 0.15) is 63.9 Å². The van der Waals surface area contributed by atoms with Gasteiger partial charge in [0.15, 0.2) is 0 Å². The van der Waals surface area contributed by atoms with Crippen LogP contribution >= 0.6 is 0 Å².